The molecule has 2 heterocycles. The molecule has 1 saturated heterocycles. The van der Waals surface area contributed by atoms with Crippen LogP contribution in [-0.2, 0) is 0 Å². The number of nitrogens with zero attached hydrogens (tertiary/aromatic N) is 2. The topological polar surface area (TPSA) is 34.6 Å². The summed E-state index contributed by atoms with van der Waals surface area (Å²) in [6.45, 7) is 1.89. The Morgan fingerprint density at radius 3 is 2.46 bits per heavy atom. The molecule has 0 saturated carbocycles. The lowest BCUT2D eigenvalue weighted by Gasteiger charge is -2.19. The second-order valence-corrected chi connectivity index (χ2v) is 5.73. The fraction of sp³-hybridized carbons (Fsp3) is 0.389. The predicted octanol–water partition coefficient (Wildman–Crippen LogP) is 4.07. The summed E-state index contributed by atoms with van der Waals surface area (Å²) in [6, 6.07) is 10.5. The highest BCUT2D eigenvalue weighted by molar-refractivity contribution is 5.85. The number of pyridine rings is 1. The molecule has 0 bridgehead atoms. The Kier molecular flexibility index (Phi) is 8.32. The van der Waals surface area contributed by atoms with E-state index < -0.39 is 0 Å². The van der Waals surface area contributed by atoms with Crippen LogP contribution in [-0.4, -0.2) is 43.2 Å². The minimum absolute atomic E-state index is 0. The number of likely N-dealkylation sites (N-methyl/N-ethyl adjacent to an activating group) is 1. The van der Waals surface area contributed by atoms with Crippen LogP contribution in [0.3, 0.4) is 0 Å². The number of benzene rings is 1. The average Bonchev–Trinajstić information content (AvgIpc) is 2.98. The molecule has 1 aliphatic heterocycles. The maximum atomic E-state index is 5.94. The number of rotatable bonds is 5. The highest BCUT2D eigenvalue weighted by atomic mass is 35.5. The maximum absolute atomic E-state index is 5.94. The smallest absolute Gasteiger partial charge is 0.138 e. The molecule has 0 radical (unpaired) electrons. The van der Waals surface area contributed by atoms with Gasteiger partial charge in [0.1, 0.15) is 18.1 Å². The van der Waals surface area contributed by atoms with Crippen molar-refractivity contribution in [3.63, 3.8) is 0 Å². The number of halogens is 2. The van der Waals surface area contributed by atoms with Crippen LogP contribution in [0.15, 0.2) is 42.7 Å². The fourth-order valence-electron chi connectivity index (χ4n) is 2.82. The van der Waals surface area contributed by atoms with Crippen molar-refractivity contribution >= 4 is 24.8 Å². The minimum Gasteiger partial charge on any atom is -0.497 e. The zero-order chi connectivity index (χ0) is 15.4. The van der Waals surface area contributed by atoms with Crippen LogP contribution in [0.2, 0.25) is 0 Å². The first-order valence-electron chi connectivity index (χ1n) is 7.69. The van der Waals surface area contributed by atoms with E-state index >= 15 is 0 Å². The SMILES string of the molecule is COc1ccc(-c2cncc(OC[C@@H]3CCCN3C)c2)cc1.Cl.Cl. The van der Waals surface area contributed by atoms with Gasteiger partial charge in [0.15, 0.2) is 0 Å². The number of hydrogen-bond acceptors (Lipinski definition) is 4. The van der Waals surface area contributed by atoms with Crippen molar-refractivity contribution in [3.8, 4) is 22.6 Å². The van der Waals surface area contributed by atoms with Crippen LogP contribution in [0, 0.1) is 0 Å². The van der Waals surface area contributed by atoms with E-state index in [0.717, 1.165) is 35.8 Å². The summed E-state index contributed by atoms with van der Waals surface area (Å²) in [7, 11) is 3.83. The first kappa shape index (κ1) is 20.6. The number of likely N-dealkylation sites (tertiary alicyclic amines) is 1. The number of hydrogen-bond donors (Lipinski definition) is 0. The molecule has 1 aromatic heterocycles. The summed E-state index contributed by atoms with van der Waals surface area (Å²) in [5.74, 6) is 1.68. The van der Waals surface area contributed by atoms with Gasteiger partial charge in [-0.2, -0.15) is 0 Å². The quantitative estimate of drug-likeness (QED) is 0.794. The first-order valence-corrected chi connectivity index (χ1v) is 7.69. The van der Waals surface area contributed by atoms with Gasteiger partial charge in [0.2, 0.25) is 0 Å². The molecule has 3 rings (SSSR count). The Hall–Kier alpha value is -1.49. The largest absolute Gasteiger partial charge is 0.497 e. The van der Waals surface area contributed by atoms with Gasteiger partial charge in [0, 0.05) is 17.8 Å². The number of methoxy groups -OCH3 is 1. The van der Waals surface area contributed by atoms with E-state index in [-0.39, 0.29) is 24.8 Å². The van der Waals surface area contributed by atoms with Gasteiger partial charge in [-0.1, -0.05) is 12.1 Å². The van der Waals surface area contributed by atoms with Crippen molar-refractivity contribution in [2.45, 2.75) is 18.9 Å². The zero-order valence-electron chi connectivity index (χ0n) is 14.0. The van der Waals surface area contributed by atoms with Gasteiger partial charge in [-0.05, 0) is 50.2 Å². The van der Waals surface area contributed by atoms with Gasteiger partial charge < -0.3 is 14.4 Å². The lowest BCUT2D eigenvalue weighted by atomic mass is 10.1. The summed E-state index contributed by atoms with van der Waals surface area (Å²) >= 11 is 0. The Labute approximate surface area is 156 Å². The van der Waals surface area contributed by atoms with Gasteiger partial charge >= 0.3 is 0 Å². The molecule has 1 atom stereocenters. The molecule has 6 heteroatoms. The van der Waals surface area contributed by atoms with Crippen LogP contribution in [0.4, 0.5) is 0 Å². The Morgan fingerprint density at radius 2 is 1.83 bits per heavy atom. The first-order chi connectivity index (χ1) is 10.8. The average molecular weight is 371 g/mol. The molecule has 0 spiro atoms. The van der Waals surface area contributed by atoms with E-state index in [0.29, 0.717) is 6.04 Å². The van der Waals surface area contributed by atoms with Crippen molar-refractivity contribution in [1.82, 2.24) is 9.88 Å². The van der Waals surface area contributed by atoms with Gasteiger partial charge in [-0.3, -0.25) is 4.98 Å². The third kappa shape index (κ3) is 5.00. The van der Waals surface area contributed by atoms with E-state index in [1.54, 1.807) is 13.3 Å². The highest BCUT2D eigenvalue weighted by Gasteiger charge is 2.21. The van der Waals surface area contributed by atoms with Crippen LogP contribution in [0.1, 0.15) is 12.8 Å². The predicted molar refractivity (Wildman–Crippen MR) is 102 cm³/mol. The fourth-order valence-corrected chi connectivity index (χ4v) is 2.82. The summed E-state index contributed by atoms with van der Waals surface area (Å²) in [6.07, 6.45) is 6.11. The van der Waals surface area contributed by atoms with Crippen molar-refractivity contribution in [2.24, 2.45) is 0 Å². The molecule has 4 nitrogen and oxygen atoms in total. The summed E-state index contributed by atoms with van der Waals surface area (Å²) in [4.78, 5) is 6.66. The van der Waals surface area contributed by atoms with Gasteiger partial charge in [0.25, 0.3) is 0 Å². The maximum Gasteiger partial charge on any atom is 0.138 e. The van der Waals surface area contributed by atoms with Crippen LogP contribution in [0.25, 0.3) is 11.1 Å². The van der Waals surface area contributed by atoms with E-state index in [1.165, 1.54) is 12.8 Å². The van der Waals surface area contributed by atoms with Gasteiger partial charge in [-0.25, -0.2) is 0 Å². The lowest BCUT2D eigenvalue weighted by molar-refractivity contribution is 0.198. The molecule has 0 aliphatic carbocycles. The Bertz CT molecular complexity index is 623. The second kappa shape index (κ2) is 9.72. The highest BCUT2D eigenvalue weighted by Crippen LogP contribution is 2.25. The minimum atomic E-state index is 0. The third-order valence-corrected chi connectivity index (χ3v) is 4.25. The van der Waals surface area contributed by atoms with E-state index in [4.69, 9.17) is 9.47 Å². The Balaban J connectivity index is 0.00000144. The number of aromatic nitrogens is 1. The Morgan fingerprint density at radius 1 is 1.08 bits per heavy atom. The van der Waals surface area contributed by atoms with Crippen LogP contribution >= 0.6 is 24.8 Å². The van der Waals surface area contributed by atoms with Gasteiger partial charge in [-0.15, -0.1) is 24.8 Å². The molecule has 1 aromatic carbocycles. The summed E-state index contributed by atoms with van der Waals surface area (Å²) in [5, 5.41) is 0. The molecule has 0 amide bonds. The molecular formula is C18H24Cl2N2O2. The van der Waals surface area contributed by atoms with Crippen molar-refractivity contribution < 1.29 is 9.47 Å². The molecule has 0 N–H and O–H groups in total. The molecule has 1 fully saturated rings. The summed E-state index contributed by atoms with van der Waals surface area (Å²) in [5.41, 5.74) is 2.16. The molecule has 0 unspecified atom stereocenters. The van der Waals surface area contributed by atoms with E-state index in [2.05, 4.69) is 16.9 Å². The van der Waals surface area contributed by atoms with Crippen molar-refractivity contribution in [1.29, 1.82) is 0 Å². The molecule has 24 heavy (non-hydrogen) atoms. The van der Waals surface area contributed by atoms with Crippen LogP contribution < -0.4 is 9.47 Å². The monoisotopic (exact) mass is 370 g/mol. The third-order valence-electron chi connectivity index (χ3n) is 4.25. The summed E-state index contributed by atoms with van der Waals surface area (Å²) < 4.78 is 11.1. The zero-order valence-corrected chi connectivity index (χ0v) is 15.6. The molecule has 1 aliphatic rings. The molecule has 132 valence electrons. The molecule has 2 aromatic rings. The lowest BCUT2D eigenvalue weighted by Crippen LogP contribution is -2.30. The van der Waals surface area contributed by atoms with Gasteiger partial charge in [0.05, 0.1) is 13.3 Å². The second-order valence-electron chi connectivity index (χ2n) is 5.73. The molecular weight excluding hydrogens is 347 g/mol. The van der Waals surface area contributed by atoms with Crippen LogP contribution in [0.5, 0.6) is 11.5 Å². The van der Waals surface area contributed by atoms with Crippen molar-refractivity contribution in [3.05, 3.63) is 42.7 Å². The normalized spacial score (nSPS) is 16.8. The number of ether oxygens (including phenoxy) is 2. The standard InChI is InChI=1S/C18H22N2O2.2ClH/c1-20-9-3-4-16(20)13-22-18-10-15(11-19-12-18)14-5-7-17(21-2)8-6-14;;/h5-8,10-12,16H,3-4,9,13H2,1-2H3;2*1H/t16-;;/m0../s1. The van der Waals surface area contributed by atoms with E-state index in [1.807, 2.05) is 36.5 Å². The van der Waals surface area contributed by atoms with Crippen molar-refractivity contribution in [2.75, 3.05) is 27.3 Å². The van der Waals surface area contributed by atoms with E-state index in [9.17, 15) is 0 Å².